The molecule has 0 unspecified atom stereocenters. The Hall–Kier alpha value is -3.22. The van der Waals surface area contributed by atoms with Crippen molar-refractivity contribution in [2.24, 2.45) is 0 Å². The van der Waals surface area contributed by atoms with E-state index >= 15 is 0 Å². The number of ether oxygens (including phenoxy) is 1. The lowest BCUT2D eigenvalue weighted by atomic mass is 10.2. The molecule has 0 saturated heterocycles. The number of aromatic nitrogens is 2. The van der Waals surface area contributed by atoms with E-state index in [1.165, 1.54) is 19.2 Å². The van der Waals surface area contributed by atoms with E-state index in [1.54, 1.807) is 12.3 Å². The fourth-order valence-electron chi connectivity index (χ4n) is 2.05. The molecule has 0 bridgehead atoms. The minimum atomic E-state index is -0.470. The van der Waals surface area contributed by atoms with Crippen LogP contribution in [0.3, 0.4) is 0 Å². The van der Waals surface area contributed by atoms with Crippen LogP contribution in [0.4, 0.5) is 17.2 Å². The van der Waals surface area contributed by atoms with Crippen molar-refractivity contribution in [3.8, 4) is 5.75 Å². The zero-order valence-corrected chi connectivity index (χ0v) is 11.7. The number of nitrogens with zero attached hydrogens (tertiary/aromatic N) is 3. The van der Waals surface area contributed by atoms with Gasteiger partial charge in [-0.15, -0.1) is 0 Å². The molecule has 7 nitrogen and oxygen atoms in total. The lowest BCUT2D eigenvalue weighted by Crippen LogP contribution is -1.99. The van der Waals surface area contributed by atoms with Gasteiger partial charge >= 0.3 is 0 Å². The fourth-order valence-corrected chi connectivity index (χ4v) is 2.05. The Bertz CT molecular complexity index is 851. The third-order valence-corrected chi connectivity index (χ3v) is 3.11. The molecule has 0 radical (unpaired) electrons. The Kier molecular flexibility index (Phi) is 3.53. The molecule has 2 aromatic carbocycles. The SMILES string of the molecule is COc1cc([N+](=O)[O-])ccc1Nc1cnc2ccccc2n1. The van der Waals surface area contributed by atoms with Crippen LogP contribution in [-0.2, 0) is 0 Å². The van der Waals surface area contributed by atoms with Gasteiger partial charge in [0.2, 0.25) is 0 Å². The van der Waals surface area contributed by atoms with Crippen LogP contribution in [-0.4, -0.2) is 22.0 Å². The minimum Gasteiger partial charge on any atom is -0.494 e. The van der Waals surface area contributed by atoms with Crippen LogP contribution in [0.1, 0.15) is 0 Å². The number of nitro groups is 1. The molecular weight excluding hydrogens is 284 g/mol. The van der Waals surface area contributed by atoms with Gasteiger partial charge in [0.1, 0.15) is 11.6 Å². The Morgan fingerprint density at radius 3 is 2.68 bits per heavy atom. The maximum atomic E-state index is 10.8. The van der Waals surface area contributed by atoms with E-state index in [-0.39, 0.29) is 5.69 Å². The maximum absolute atomic E-state index is 10.8. The number of benzene rings is 2. The number of nitro benzene ring substituents is 1. The largest absolute Gasteiger partial charge is 0.494 e. The second-order valence-corrected chi connectivity index (χ2v) is 4.51. The zero-order chi connectivity index (χ0) is 15.5. The number of non-ortho nitro benzene ring substituents is 1. The number of fused-ring (bicyclic) bond motifs is 1. The third-order valence-electron chi connectivity index (χ3n) is 3.11. The van der Waals surface area contributed by atoms with E-state index in [0.29, 0.717) is 17.3 Å². The summed E-state index contributed by atoms with van der Waals surface area (Å²) in [6.07, 6.45) is 1.60. The summed E-state index contributed by atoms with van der Waals surface area (Å²) in [4.78, 5) is 19.1. The molecule has 22 heavy (non-hydrogen) atoms. The quantitative estimate of drug-likeness (QED) is 0.587. The van der Waals surface area contributed by atoms with Gasteiger partial charge < -0.3 is 10.1 Å². The lowest BCUT2D eigenvalue weighted by Gasteiger charge is -2.10. The molecule has 0 amide bonds. The van der Waals surface area contributed by atoms with Crippen molar-refractivity contribution < 1.29 is 9.66 Å². The van der Waals surface area contributed by atoms with Crippen LogP contribution in [0.5, 0.6) is 5.75 Å². The first kappa shape index (κ1) is 13.7. The Morgan fingerprint density at radius 2 is 1.95 bits per heavy atom. The van der Waals surface area contributed by atoms with Gasteiger partial charge in [-0.2, -0.15) is 0 Å². The molecule has 0 aliphatic heterocycles. The summed E-state index contributed by atoms with van der Waals surface area (Å²) >= 11 is 0. The molecule has 1 heterocycles. The molecule has 1 aromatic heterocycles. The van der Waals surface area contributed by atoms with E-state index in [4.69, 9.17) is 4.74 Å². The highest BCUT2D eigenvalue weighted by atomic mass is 16.6. The highest BCUT2D eigenvalue weighted by molar-refractivity contribution is 5.76. The summed E-state index contributed by atoms with van der Waals surface area (Å²) in [6.45, 7) is 0. The van der Waals surface area contributed by atoms with Gasteiger partial charge in [-0.05, 0) is 18.2 Å². The number of para-hydroxylation sites is 2. The van der Waals surface area contributed by atoms with Crippen LogP contribution < -0.4 is 10.1 Å². The standard InChI is InChI=1S/C15H12N4O3/c1-22-14-8-10(19(20)21)6-7-13(14)18-15-9-16-11-4-2-3-5-12(11)17-15/h2-9H,1H3,(H,17,18). The van der Waals surface area contributed by atoms with Crippen molar-refractivity contribution in [2.75, 3.05) is 12.4 Å². The molecule has 110 valence electrons. The van der Waals surface area contributed by atoms with Crippen LogP contribution in [0.15, 0.2) is 48.7 Å². The molecule has 0 fully saturated rings. The Balaban J connectivity index is 1.95. The van der Waals surface area contributed by atoms with Gasteiger partial charge in [-0.3, -0.25) is 15.1 Å². The highest BCUT2D eigenvalue weighted by Crippen LogP contribution is 2.31. The molecular formula is C15H12N4O3. The first-order chi connectivity index (χ1) is 10.7. The van der Waals surface area contributed by atoms with Crippen LogP contribution in [0.25, 0.3) is 11.0 Å². The van der Waals surface area contributed by atoms with Gasteiger partial charge in [-0.25, -0.2) is 4.98 Å². The van der Waals surface area contributed by atoms with Gasteiger partial charge in [0.15, 0.2) is 0 Å². The van der Waals surface area contributed by atoms with Crippen molar-refractivity contribution in [2.45, 2.75) is 0 Å². The van der Waals surface area contributed by atoms with Crippen molar-refractivity contribution in [3.05, 3.63) is 58.8 Å². The van der Waals surface area contributed by atoms with Gasteiger partial charge in [0.05, 0.1) is 41.0 Å². The van der Waals surface area contributed by atoms with E-state index < -0.39 is 4.92 Å². The van der Waals surface area contributed by atoms with E-state index in [0.717, 1.165) is 11.0 Å². The molecule has 0 aliphatic rings. The zero-order valence-electron chi connectivity index (χ0n) is 11.7. The fraction of sp³-hybridized carbons (Fsp3) is 0.0667. The highest BCUT2D eigenvalue weighted by Gasteiger charge is 2.12. The Morgan fingerprint density at radius 1 is 1.18 bits per heavy atom. The van der Waals surface area contributed by atoms with Gasteiger partial charge in [-0.1, -0.05) is 12.1 Å². The predicted octanol–water partition coefficient (Wildman–Crippen LogP) is 3.29. The van der Waals surface area contributed by atoms with E-state index in [9.17, 15) is 10.1 Å². The molecule has 0 saturated carbocycles. The molecule has 3 aromatic rings. The minimum absolute atomic E-state index is 0.0352. The van der Waals surface area contributed by atoms with Crippen molar-refractivity contribution in [1.82, 2.24) is 9.97 Å². The summed E-state index contributed by atoms with van der Waals surface area (Å²) in [5.74, 6) is 0.898. The third kappa shape index (κ3) is 2.64. The van der Waals surface area contributed by atoms with Crippen molar-refractivity contribution >= 4 is 28.2 Å². The summed E-state index contributed by atoms with van der Waals surface area (Å²) < 4.78 is 5.18. The molecule has 3 rings (SSSR count). The number of hydrogen-bond donors (Lipinski definition) is 1. The topological polar surface area (TPSA) is 90.2 Å². The Labute approximate surface area is 125 Å². The van der Waals surface area contributed by atoms with Gasteiger partial charge in [0.25, 0.3) is 5.69 Å². The number of nitrogens with one attached hydrogen (secondary N) is 1. The number of rotatable bonds is 4. The first-order valence-corrected chi connectivity index (χ1v) is 6.48. The lowest BCUT2D eigenvalue weighted by molar-refractivity contribution is -0.384. The van der Waals surface area contributed by atoms with Crippen molar-refractivity contribution in [1.29, 1.82) is 0 Å². The first-order valence-electron chi connectivity index (χ1n) is 6.48. The molecule has 7 heteroatoms. The van der Waals surface area contributed by atoms with Crippen molar-refractivity contribution in [3.63, 3.8) is 0 Å². The summed E-state index contributed by atoms with van der Waals surface area (Å²) in [5, 5.41) is 13.9. The number of anilines is 2. The molecule has 1 N–H and O–H groups in total. The maximum Gasteiger partial charge on any atom is 0.273 e. The normalized spacial score (nSPS) is 10.4. The summed E-state index contributed by atoms with van der Waals surface area (Å²) in [6, 6.07) is 11.8. The number of hydrogen-bond acceptors (Lipinski definition) is 6. The second-order valence-electron chi connectivity index (χ2n) is 4.51. The summed E-state index contributed by atoms with van der Waals surface area (Å²) in [7, 11) is 1.45. The number of methoxy groups -OCH3 is 1. The van der Waals surface area contributed by atoms with Crippen LogP contribution >= 0.6 is 0 Å². The predicted molar refractivity (Wildman–Crippen MR) is 82.5 cm³/mol. The molecule has 0 aliphatic carbocycles. The van der Waals surface area contributed by atoms with E-state index in [1.807, 2.05) is 24.3 Å². The average Bonchev–Trinajstić information content (AvgIpc) is 2.55. The average molecular weight is 296 g/mol. The van der Waals surface area contributed by atoms with E-state index in [2.05, 4.69) is 15.3 Å². The summed E-state index contributed by atoms with van der Waals surface area (Å²) in [5.41, 5.74) is 2.10. The monoisotopic (exact) mass is 296 g/mol. The molecule has 0 atom stereocenters. The van der Waals surface area contributed by atoms with Crippen LogP contribution in [0.2, 0.25) is 0 Å². The smallest absolute Gasteiger partial charge is 0.273 e. The van der Waals surface area contributed by atoms with Crippen LogP contribution in [0, 0.1) is 10.1 Å². The second kappa shape index (κ2) is 5.65. The molecule has 0 spiro atoms. The van der Waals surface area contributed by atoms with Gasteiger partial charge in [0, 0.05) is 6.07 Å².